The second-order valence-electron chi connectivity index (χ2n) is 9.57. The molecule has 1 aliphatic rings. The predicted octanol–water partition coefficient (Wildman–Crippen LogP) is 4.06. The zero-order valence-electron chi connectivity index (χ0n) is 19.9. The normalized spacial score (nSPS) is 17.2. The lowest BCUT2D eigenvalue weighted by atomic mass is 10.0. The van der Waals surface area contributed by atoms with Crippen LogP contribution in [-0.4, -0.2) is 41.6 Å². The lowest BCUT2D eigenvalue weighted by molar-refractivity contribution is -0.129. The van der Waals surface area contributed by atoms with Crippen molar-refractivity contribution in [1.29, 1.82) is 0 Å². The van der Waals surface area contributed by atoms with Crippen LogP contribution in [0.2, 0.25) is 0 Å². The van der Waals surface area contributed by atoms with E-state index in [0.29, 0.717) is 19.3 Å². The lowest BCUT2D eigenvalue weighted by Crippen LogP contribution is -2.56. The summed E-state index contributed by atoms with van der Waals surface area (Å²) in [7, 11) is 0. The Labute approximate surface area is 199 Å². The summed E-state index contributed by atoms with van der Waals surface area (Å²) in [4.78, 5) is 40.9. The molecule has 33 heavy (non-hydrogen) atoms. The molecule has 0 aliphatic carbocycles. The van der Waals surface area contributed by atoms with Crippen molar-refractivity contribution >= 4 is 34.9 Å². The van der Waals surface area contributed by atoms with Gasteiger partial charge in [0.1, 0.15) is 17.7 Å². The molecule has 2 N–H and O–H groups in total. The van der Waals surface area contributed by atoms with Crippen molar-refractivity contribution in [3.05, 3.63) is 52.2 Å². The summed E-state index contributed by atoms with van der Waals surface area (Å²) in [6.07, 6.45) is 0.804. The summed E-state index contributed by atoms with van der Waals surface area (Å²) < 4.78 is 5.36. The fourth-order valence-corrected chi connectivity index (χ4v) is 4.59. The minimum atomic E-state index is -0.861. The van der Waals surface area contributed by atoms with Crippen LogP contribution in [0.15, 0.2) is 41.1 Å². The number of fused-ring (bicyclic) bond motifs is 1. The van der Waals surface area contributed by atoms with Crippen LogP contribution in [-0.2, 0) is 27.2 Å². The van der Waals surface area contributed by atoms with E-state index in [0.717, 1.165) is 16.8 Å². The van der Waals surface area contributed by atoms with Gasteiger partial charge in [0.05, 0.1) is 0 Å². The number of nitrogens with zero attached hydrogens (tertiary/aromatic N) is 1. The first-order chi connectivity index (χ1) is 15.5. The van der Waals surface area contributed by atoms with Crippen LogP contribution < -0.4 is 15.5 Å². The molecule has 0 spiro atoms. The number of anilines is 1. The number of benzene rings is 1. The molecule has 2 atom stereocenters. The molecule has 2 heterocycles. The number of rotatable bonds is 6. The van der Waals surface area contributed by atoms with Crippen LogP contribution in [0, 0.1) is 0 Å². The average molecular weight is 472 g/mol. The maximum atomic E-state index is 13.4. The van der Waals surface area contributed by atoms with Crippen LogP contribution in [0.3, 0.4) is 0 Å². The molecule has 0 radical (unpaired) electrons. The average Bonchev–Trinajstić information content (AvgIpc) is 3.18. The molecule has 0 saturated heterocycles. The van der Waals surface area contributed by atoms with Crippen LogP contribution in [0.25, 0.3) is 0 Å². The number of thiophene rings is 1. The monoisotopic (exact) mass is 471 g/mol. The first kappa shape index (κ1) is 24.8. The molecule has 2 aromatic rings. The number of carbonyl (C=O) groups is 3. The van der Waals surface area contributed by atoms with Gasteiger partial charge in [-0.1, -0.05) is 18.2 Å². The summed E-state index contributed by atoms with van der Waals surface area (Å²) in [5.41, 5.74) is 2.21. The number of carbonyl (C=O) groups excluding carboxylic acids is 3. The van der Waals surface area contributed by atoms with Gasteiger partial charge in [0.15, 0.2) is 0 Å². The molecule has 178 valence electrons. The molecule has 3 amide bonds. The molecule has 0 fully saturated rings. The lowest BCUT2D eigenvalue weighted by Gasteiger charge is -2.30. The highest BCUT2D eigenvalue weighted by Crippen LogP contribution is 2.28. The first-order valence-corrected chi connectivity index (χ1v) is 12.2. The third kappa shape index (κ3) is 6.57. The fraction of sp³-hybridized carbons (Fsp3) is 0.480. The van der Waals surface area contributed by atoms with Crippen molar-refractivity contribution in [2.45, 2.75) is 77.6 Å². The Morgan fingerprint density at radius 1 is 1.21 bits per heavy atom. The van der Waals surface area contributed by atoms with Crippen molar-refractivity contribution in [1.82, 2.24) is 10.6 Å². The SMILES string of the molecule is CC(C)N1C(=O)[C@H](NC(=O)[C@@H](Cc2ccsc2)NC(=O)OC(C)(C)C)CCc2ccccc21. The van der Waals surface area contributed by atoms with Crippen LogP contribution in [0.1, 0.15) is 52.2 Å². The summed E-state index contributed by atoms with van der Waals surface area (Å²) in [5, 5.41) is 9.46. The highest BCUT2D eigenvalue weighted by Gasteiger charge is 2.34. The van der Waals surface area contributed by atoms with Crippen molar-refractivity contribution in [2.24, 2.45) is 0 Å². The Balaban J connectivity index is 1.78. The van der Waals surface area contributed by atoms with E-state index in [9.17, 15) is 14.4 Å². The van der Waals surface area contributed by atoms with Crippen molar-refractivity contribution in [3.8, 4) is 0 Å². The van der Waals surface area contributed by atoms with Crippen LogP contribution in [0.4, 0.5) is 10.5 Å². The van der Waals surface area contributed by atoms with Gasteiger partial charge in [-0.25, -0.2) is 4.79 Å². The van der Waals surface area contributed by atoms with E-state index >= 15 is 0 Å². The Bertz CT molecular complexity index is 982. The quantitative estimate of drug-likeness (QED) is 0.665. The molecular formula is C25H33N3O4S. The van der Waals surface area contributed by atoms with Gasteiger partial charge in [-0.2, -0.15) is 11.3 Å². The molecule has 0 saturated carbocycles. The Hall–Kier alpha value is -2.87. The van der Waals surface area contributed by atoms with Crippen molar-refractivity contribution in [2.75, 3.05) is 4.90 Å². The number of nitrogens with one attached hydrogen (secondary N) is 2. The van der Waals surface area contributed by atoms with Gasteiger partial charge in [0.25, 0.3) is 0 Å². The molecule has 0 unspecified atom stereocenters. The number of amides is 3. The zero-order valence-corrected chi connectivity index (χ0v) is 20.7. The number of hydrogen-bond donors (Lipinski definition) is 2. The Morgan fingerprint density at radius 3 is 2.58 bits per heavy atom. The molecule has 1 aromatic heterocycles. The van der Waals surface area contributed by atoms with E-state index in [-0.39, 0.29) is 11.9 Å². The van der Waals surface area contributed by atoms with Gasteiger partial charge >= 0.3 is 6.09 Å². The smallest absolute Gasteiger partial charge is 0.408 e. The number of hydrogen-bond acceptors (Lipinski definition) is 5. The molecule has 0 bridgehead atoms. The fourth-order valence-electron chi connectivity index (χ4n) is 3.91. The molecule has 8 heteroatoms. The number of alkyl carbamates (subject to hydrolysis) is 1. The first-order valence-electron chi connectivity index (χ1n) is 11.3. The van der Waals surface area contributed by atoms with Crippen molar-refractivity contribution < 1.29 is 19.1 Å². The molecule has 1 aliphatic heterocycles. The molecular weight excluding hydrogens is 438 g/mol. The van der Waals surface area contributed by atoms with Gasteiger partial charge in [-0.3, -0.25) is 9.59 Å². The number of para-hydroxylation sites is 1. The highest BCUT2D eigenvalue weighted by molar-refractivity contribution is 7.07. The third-order valence-electron chi connectivity index (χ3n) is 5.35. The largest absolute Gasteiger partial charge is 0.444 e. The molecule has 3 rings (SSSR count). The zero-order chi connectivity index (χ0) is 24.2. The summed E-state index contributed by atoms with van der Waals surface area (Å²) in [6.45, 7) is 9.22. The van der Waals surface area contributed by atoms with E-state index in [2.05, 4.69) is 10.6 Å². The second-order valence-corrected chi connectivity index (χ2v) is 10.3. The standard InChI is InChI=1S/C25H33N3O4S/c1-16(2)28-21-9-7-6-8-18(21)10-11-19(23(28)30)26-22(29)20(14-17-12-13-33-15-17)27-24(31)32-25(3,4)5/h6-9,12-13,15-16,19-20H,10-11,14H2,1-5H3,(H,26,29)(H,27,31)/t19-,20-/m1/s1. The topological polar surface area (TPSA) is 87.7 Å². The maximum Gasteiger partial charge on any atom is 0.408 e. The van der Waals surface area contributed by atoms with Crippen LogP contribution in [0.5, 0.6) is 0 Å². The molecule has 1 aromatic carbocycles. The summed E-state index contributed by atoms with van der Waals surface area (Å²) in [5.74, 6) is -0.546. The van der Waals surface area contributed by atoms with Crippen molar-refractivity contribution in [3.63, 3.8) is 0 Å². The van der Waals surface area contributed by atoms with Gasteiger partial charge in [-0.05, 0) is 81.5 Å². The summed E-state index contributed by atoms with van der Waals surface area (Å²) in [6, 6.07) is 8.16. The second kappa shape index (κ2) is 10.4. The third-order valence-corrected chi connectivity index (χ3v) is 6.08. The predicted molar refractivity (Wildman–Crippen MR) is 130 cm³/mol. The van der Waals surface area contributed by atoms with Gasteiger partial charge in [0.2, 0.25) is 11.8 Å². The van der Waals surface area contributed by atoms with E-state index in [1.54, 1.807) is 25.7 Å². The van der Waals surface area contributed by atoms with E-state index in [1.165, 1.54) is 11.3 Å². The highest BCUT2D eigenvalue weighted by atomic mass is 32.1. The maximum absolute atomic E-state index is 13.4. The van der Waals surface area contributed by atoms with Gasteiger partial charge in [-0.15, -0.1) is 0 Å². The minimum absolute atomic E-state index is 0.0577. The minimum Gasteiger partial charge on any atom is -0.444 e. The van der Waals surface area contributed by atoms with E-state index in [4.69, 9.17) is 4.74 Å². The Morgan fingerprint density at radius 2 is 1.94 bits per heavy atom. The van der Waals surface area contributed by atoms with Crippen LogP contribution >= 0.6 is 11.3 Å². The summed E-state index contributed by atoms with van der Waals surface area (Å²) >= 11 is 1.52. The van der Waals surface area contributed by atoms with E-state index in [1.807, 2.05) is 54.9 Å². The van der Waals surface area contributed by atoms with E-state index < -0.39 is 29.7 Å². The molecule has 7 nitrogen and oxygen atoms in total. The number of ether oxygens (including phenoxy) is 1. The van der Waals surface area contributed by atoms with Gasteiger partial charge in [0, 0.05) is 18.2 Å². The van der Waals surface area contributed by atoms with Gasteiger partial charge < -0.3 is 20.3 Å². The Kier molecular flexibility index (Phi) is 7.79. The number of aryl methyl sites for hydroxylation is 1.